The number of nitriles is 1. The van der Waals surface area contributed by atoms with E-state index in [1.165, 1.54) is 13.2 Å². The van der Waals surface area contributed by atoms with Crippen molar-refractivity contribution in [3.05, 3.63) is 53.3 Å². The molecule has 1 saturated heterocycles. The highest BCUT2D eigenvalue weighted by Crippen LogP contribution is 2.24. The highest BCUT2D eigenvalue weighted by atomic mass is 32.2. The molecule has 2 heterocycles. The first-order chi connectivity index (χ1) is 13.8. The molecule has 1 aliphatic heterocycles. The highest BCUT2D eigenvalue weighted by Gasteiger charge is 2.29. The molecule has 3 rings (SSSR count). The molecule has 2 aromatic rings. The minimum absolute atomic E-state index is 0.0276. The Morgan fingerprint density at radius 2 is 1.97 bits per heavy atom. The third kappa shape index (κ3) is 4.92. The number of ether oxygens (including phenoxy) is 1. The van der Waals surface area contributed by atoms with Gasteiger partial charge in [0.2, 0.25) is 0 Å². The predicted octanol–water partition coefficient (Wildman–Crippen LogP) is 1.94. The Morgan fingerprint density at radius 1 is 1.24 bits per heavy atom. The summed E-state index contributed by atoms with van der Waals surface area (Å²) in [6.07, 6.45) is 1.63. The standard InChI is InChI=1S/C20H18N2O6S/c1-27-20(24)14-4-2-13(3-5-14)18-7-6-17(28-18)10-15(11-21)19(23)22-16-8-9-29(25,26)12-16/h2-7,10,16H,8-9,12H2,1H3,(H,22,23)/b15-10+/t16-/m1/s1. The molecule has 0 radical (unpaired) electrons. The van der Waals surface area contributed by atoms with Gasteiger partial charge >= 0.3 is 5.97 Å². The molecular formula is C20H18N2O6S. The molecule has 150 valence electrons. The Labute approximate surface area is 167 Å². The molecule has 1 aromatic heterocycles. The van der Waals surface area contributed by atoms with Crippen LogP contribution >= 0.6 is 0 Å². The summed E-state index contributed by atoms with van der Waals surface area (Å²) in [4.78, 5) is 23.8. The minimum Gasteiger partial charge on any atom is -0.465 e. The number of hydrogen-bond acceptors (Lipinski definition) is 7. The summed E-state index contributed by atoms with van der Waals surface area (Å²) in [5.41, 5.74) is 0.924. The van der Waals surface area contributed by atoms with Crippen molar-refractivity contribution >= 4 is 27.8 Å². The third-order valence-electron chi connectivity index (χ3n) is 4.44. The van der Waals surface area contributed by atoms with Gasteiger partial charge in [0, 0.05) is 17.7 Å². The zero-order chi connectivity index (χ0) is 21.0. The van der Waals surface area contributed by atoms with Crippen LogP contribution in [0.15, 0.2) is 46.4 Å². The van der Waals surface area contributed by atoms with E-state index < -0.39 is 27.8 Å². The number of sulfone groups is 1. The van der Waals surface area contributed by atoms with E-state index in [-0.39, 0.29) is 17.1 Å². The van der Waals surface area contributed by atoms with Crippen molar-refractivity contribution in [3.8, 4) is 17.4 Å². The van der Waals surface area contributed by atoms with Crippen molar-refractivity contribution in [2.24, 2.45) is 0 Å². The lowest BCUT2D eigenvalue weighted by atomic mass is 10.1. The number of amides is 1. The molecule has 1 aromatic carbocycles. The summed E-state index contributed by atoms with van der Waals surface area (Å²) in [5, 5.41) is 11.9. The van der Waals surface area contributed by atoms with E-state index in [2.05, 4.69) is 10.1 Å². The van der Waals surface area contributed by atoms with Crippen LogP contribution in [0.5, 0.6) is 0 Å². The molecule has 8 nitrogen and oxygen atoms in total. The molecule has 1 N–H and O–H groups in total. The summed E-state index contributed by atoms with van der Waals surface area (Å²) >= 11 is 0. The van der Waals surface area contributed by atoms with Gasteiger partial charge in [-0.3, -0.25) is 4.79 Å². The number of furan rings is 1. The molecule has 0 saturated carbocycles. The fraction of sp³-hybridized carbons (Fsp3) is 0.250. The first kappa shape index (κ1) is 20.4. The summed E-state index contributed by atoms with van der Waals surface area (Å²) in [7, 11) is -1.83. The average Bonchev–Trinajstić information content (AvgIpc) is 3.31. The lowest BCUT2D eigenvalue weighted by Crippen LogP contribution is -2.36. The second-order valence-electron chi connectivity index (χ2n) is 6.51. The van der Waals surface area contributed by atoms with Crippen molar-refractivity contribution in [2.75, 3.05) is 18.6 Å². The monoisotopic (exact) mass is 414 g/mol. The quantitative estimate of drug-likeness (QED) is 0.450. The van der Waals surface area contributed by atoms with Crippen molar-refractivity contribution in [1.29, 1.82) is 5.26 Å². The molecule has 1 aliphatic rings. The van der Waals surface area contributed by atoms with E-state index in [1.54, 1.807) is 36.4 Å². The van der Waals surface area contributed by atoms with Gasteiger partial charge < -0.3 is 14.5 Å². The number of methoxy groups -OCH3 is 1. The number of hydrogen-bond donors (Lipinski definition) is 1. The number of esters is 1. The van der Waals surface area contributed by atoms with Crippen LogP contribution < -0.4 is 5.32 Å². The topological polar surface area (TPSA) is 126 Å². The summed E-state index contributed by atoms with van der Waals surface area (Å²) in [6, 6.07) is 11.2. The molecule has 29 heavy (non-hydrogen) atoms. The van der Waals surface area contributed by atoms with E-state index >= 15 is 0 Å². The van der Waals surface area contributed by atoms with E-state index in [0.29, 0.717) is 29.1 Å². The molecule has 1 fully saturated rings. The van der Waals surface area contributed by atoms with Gasteiger partial charge in [-0.2, -0.15) is 5.26 Å². The van der Waals surface area contributed by atoms with Crippen molar-refractivity contribution in [1.82, 2.24) is 5.32 Å². The van der Waals surface area contributed by atoms with Crippen LogP contribution in [0.3, 0.4) is 0 Å². The van der Waals surface area contributed by atoms with E-state index in [4.69, 9.17) is 4.42 Å². The van der Waals surface area contributed by atoms with Crippen LogP contribution in [-0.2, 0) is 19.4 Å². The first-order valence-electron chi connectivity index (χ1n) is 8.73. The number of nitrogens with zero attached hydrogens (tertiary/aromatic N) is 1. The summed E-state index contributed by atoms with van der Waals surface area (Å²) in [5.74, 6) is -0.395. The Kier molecular flexibility index (Phi) is 5.84. The molecule has 0 unspecified atom stereocenters. The molecule has 0 spiro atoms. The molecular weight excluding hydrogens is 396 g/mol. The lowest BCUT2D eigenvalue weighted by Gasteiger charge is -2.09. The Balaban J connectivity index is 1.73. The normalized spacial score (nSPS) is 18.1. The molecule has 9 heteroatoms. The van der Waals surface area contributed by atoms with Gasteiger partial charge in [-0.25, -0.2) is 13.2 Å². The van der Waals surface area contributed by atoms with Gasteiger partial charge in [0.1, 0.15) is 23.2 Å². The first-order valence-corrected chi connectivity index (χ1v) is 10.5. The highest BCUT2D eigenvalue weighted by molar-refractivity contribution is 7.91. The number of rotatable bonds is 5. The van der Waals surface area contributed by atoms with E-state index in [0.717, 1.165) is 0 Å². The van der Waals surface area contributed by atoms with E-state index in [1.807, 2.05) is 6.07 Å². The maximum absolute atomic E-state index is 12.3. The SMILES string of the molecule is COC(=O)c1ccc(-c2ccc(/C=C(\C#N)C(=O)N[C@@H]3CCS(=O)(=O)C3)o2)cc1. The number of carbonyl (C=O) groups excluding carboxylic acids is 2. The maximum Gasteiger partial charge on any atom is 0.337 e. The second-order valence-corrected chi connectivity index (χ2v) is 8.74. The van der Waals surface area contributed by atoms with Gasteiger partial charge in [0.05, 0.1) is 24.2 Å². The fourth-order valence-electron chi connectivity index (χ4n) is 2.94. The van der Waals surface area contributed by atoms with E-state index in [9.17, 15) is 23.3 Å². The molecule has 1 atom stereocenters. The molecule has 1 amide bonds. The van der Waals surface area contributed by atoms with Crippen molar-refractivity contribution < 1.29 is 27.2 Å². The zero-order valence-electron chi connectivity index (χ0n) is 15.5. The number of nitrogens with one attached hydrogen (secondary N) is 1. The Morgan fingerprint density at radius 3 is 2.55 bits per heavy atom. The third-order valence-corrected chi connectivity index (χ3v) is 6.20. The minimum atomic E-state index is -3.13. The summed E-state index contributed by atoms with van der Waals surface area (Å²) < 4.78 is 33.3. The summed E-state index contributed by atoms with van der Waals surface area (Å²) in [6.45, 7) is 0. The van der Waals surface area contributed by atoms with Gasteiger partial charge in [-0.05, 0) is 30.7 Å². The largest absolute Gasteiger partial charge is 0.465 e. The van der Waals surface area contributed by atoms with Crippen LogP contribution in [-0.4, -0.2) is 45.0 Å². The van der Waals surface area contributed by atoms with Gasteiger partial charge in [0.15, 0.2) is 9.84 Å². The second kappa shape index (κ2) is 8.32. The van der Waals surface area contributed by atoms with Crippen molar-refractivity contribution in [2.45, 2.75) is 12.5 Å². The van der Waals surface area contributed by atoms with Gasteiger partial charge in [0.25, 0.3) is 5.91 Å². The zero-order valence-corrected chi connectivity index (χ0v) is 16.4. The van der Waals surface area contributed by atoms with Crippen LogP contribution in [0, 0.1) is 11.3 Å². The Hall–Kier alpha value is -3.38. The molecule has 0 bridgehead atoms. The number of benzene rings is 1. The van der Waals surface area contributed by atoms with Crippen LogP contribution in [0.4, 0.5) is 0 Å². The number of carbonyl (C=O) groups is 2. The Bertz CT molecular complexity index is 1110. The predicted molar refractivity (Wildman–Crippen MR) is 104 cm³/mol. The molecule has 0 aliphatic carbocycles. The van der Waals surface area contributed by atoms with Gasteiger partial charge in [-0.15, -0.1) is 0 Å². The maximum atomic E-state index is 12.3. The van der Waals surface area contributed by atoms with Crippen molar-refractivity contribution in [3.63, 3.8) is 0 Å². The smallest absolute Gasteiger partial charge is 0.337 e. The fourth-order valence-corrected chi connectivity index (χ4v) is 4.61. The van der Waals surface area contributed by atoms with Crippen LogP contribution in [0.1, 0.15) is 22.5 Å². The average molecular weight is 414 g/mol. The lowest BCUT2D eigenvalue weighted by molar-refractivity contribution is -0.117. The van der Waals surface area contributed by atoms with Crippen LogP contribution in [0.25, 0.3) is 17.4 Å². The van der Waals surface area contributed by atoms with Crippen LogP contribution in [0.2, 0.25) is 0 Å². The van der Waals surface area contributed by atoms with Gasteiger partial charge in [-0.1, -0.05) is 12.1 Å².